The Bertz CT molecular complexity index is 932. The lowest BCUT2D eigenvalue weighted by atomic mass is 9.79. The lowest BCUT2D eigenvalue weighted by Gasteiger charge is -2.12. The van der Waals surface area contributed by atoms with Crippen molar-refractivity contribution in [2.45, 2.75) is 6.61 Å². The van der Waals surface area contributed by atoms with Crippen LogP contribution >= 0.6 is 12.2 Å². The maximum atomic E-state index is 9.78. The normalized spacial score (nSPS) is 13.0. The summed E-state index contributed by atoms with van der Waals surface area (Å²) >= 11 is 5.38. The van der Waals surface area contributed by atoms with Crippen LogP contribution in [-0.4, -0.2) is 17.3 Å². The van der Waals surface area contributed by atoms with Gasteiger partial charge in [0.15, 0.2) is 5.11 Å². The Morgan fingerprint density at radius 1 is 0.958 bits per heavy atom. The molecule has 3 aromatic rings. The molecule has 0 aromatic heterocycles. The highest BCUT2D eigenvalue weighted by Gasteiger charge is 2.27. The van der Waals surface area contributed by atoms with E-state index in [1.54, 1.807) is 0 Å². The molecule has 0 spiro atoms. The van der Waals surface area contributed by atoms with E-state index in [1.807, 2.05) is 36.4 Å². The molecular weight excluding hydrogens is 319 g/mol. The van der Waals surface area contributed by atoms with E-state index >= 15 is 0 Å². The number of fused-ring (bicyclic) bond motifs is 2. The highest BCUT2D eigenvalue weighted by molar-refractivity contribution is 7.80. The Morgan fingerprint density at radius 2 is 1.67 bits per heavy atom. The Hall–Kier alpha value is -2.41. The summed E-state index contributed by atoms with van der Waals surface area (Å²) in [6, 6.07) is 20.0. The van der Waals surface area contributed by atoms with Gasteiger partial charge >= 0.3 is 7.12 Å². The average Bonchev–Trinajstić information content (AvgIpc) is 2.95. The van der Waals surface area contributed by atoms with Crippen molar-refractivity contribution < 1.29 is 9.68 Å². The first-order valence-electron chi connectivity index (χ1n) is 7.68. The first kappa shape index (κ1) is 15.1. The minimum absolute atomic E-state index is 0.441. The van der Waals surface area contributed by atoms with Gasteiger partial charge in [0.2, 0.25) is 0 Å². The van der Waals surface area contributed by atoms with Crippen molar-refractivity contribution in [3.63, 3.8) is 0 Å². The van der Waals surface area contributed by atoms with E-state index < -0.39 is 7.12 Å². The Morgan fingerprint density at radius 3 is 2.50 bits per heavy atom. The third kappa shape index (κ3) is 2.99. The second-order valence-corrected chi connectivity index (χ2v) is 6.13. The Kier molecular flexibility index (Phi) is 3.94. The summed E-state index contributed by atoms with van der Waals surface area (Å²) in [6.07, 6.45) is 0. The largest absolute Gasteiger partial charge is 0.491 e. The molecule has 0 bridgehead atoms. The standard InChI is InChI=1S/C18H15BN2O2S/c22-19-17-10-16(8-6-14(17)11-23-19)21-18(24)20-15-7-5-12-3-1-2-4-13(12)9-15/h1-10,22H,11H2,(H2,20,21,24). The van der Waals surface area contributed by atoms with Crippen LogP contribution in [-0.2, 0) is 11.3 Å². The van der Waals surface area contributed by atoms with E-state index in [1.165, 1.54) is 5.39 Å². The van der Waals surface area contributed by atoms with Gasteiger partial charge in [0.05, 0.1) is 6.61 Å². The monoisotopic (exact) mass is 334 g/mol. The summed E-state index contributed by atoms with van der Waals surface area (Å²) in [5.74, 6) is 0. The van der Waals surface area contributed by atoms with Gasteiger partial charge < -0.3 is 20.3 Å². The Balaban J connectivity index is 1.49. The zero-order valence-corrected chi connectivity index (χ0v) is 13.6. The molecular formula is C18H15BN2O2S. The van der Waals surface area contributed by atoms with Crippen LogP contribution in [0.1, 0.15) is 5.56 Å². The predicted molar refractivity (Wildman–Crippen MR) is 103 cm³/mol. The molecule has 0 saturated carbocycles. The SMILES string of the molecule is OB1OCc2ccc(NC(=S)Nc3ccc4ccccc4c3)cc21. The molecule has 118 valence electrons. The number of anilines is 2. The minimum atomic E-state index is -0.858. The summed E-state index contributed by atoms with van der Waals surface area (Å²) < 4.78 is 5.20. The van der Waals surface area contributed by atoms with Gasteiger partial charge in [-0.1, -0.05) is 36.4 Å². The molecule has 0 fully saturated rings. The molecule has 0 unspecified atom stereocenters. The van der Waals surface area contributed by atoms with Crippen LogP contribution in [0.3, 0.4) is 0 Å². The highest BCUT2D eigenvalue weighted by Crippen LogP contribution is 2.19. The van der Waals surface area contributed by atoms with Gasteiger partial charge in [-0.3, -0.25) is 0 Å². The van der Waals surface area contributed by atoms with Gasteiger partial charge in [-0.15, -0.1) is 0 Å². The molecule has 4 rings (SSSR count). The van der Waals surface area contributed by atoms with Crippen molar-refractivity contribution in [1.29, 1.82) is 0 Å². The second-order valence-electron chi connectivity index (χ2n) is 5.72. The quantitative estimate of drug-likeness (QED) is 0.497. The van der Waals surface area contributed by atoms with Gasteiger partial charge in [-0.05, 0) is 58.3 Å². The maximum Gasteiger partial charge on any atom is 0.491 e. The molecule has 0 saturated heterocycles. The molecule has 1 aliphatic rings. The first-order valence-corrected chi connectivity index (χ1v) is 8.09. The number of nitrogens with one attached hydrogen (secondary N) is 2. The van der Waals surface area contributed by atoms with Crippen LogP contribution in [0.15, 0.2) is 60.7 Å². The molecule has 3 aromatic carbocycles. The second kappa shape index (κ2) is 6.24. The van der Waals surface area contributed by atoms with E-state index in [0.29, 0.717) is 11.7 Å². The summed E-state index contributed by atoms with van der Waals surface area (Å²) in [5, 5.41) is 19.0. The zero-order chi connectivity index (χ0) is 16.5. The lowest BCUT2D eigenvalue weighted by molar-refractivity contribution is 0.275. The summed E-state index contributed by atoms with van der Waals surface area (Å²) in [4.78, 5) is 0. The van der Waals surface area contributed by atoms with Crippen molar-refractivity contribution in [2.24, 2.45) is 0 Å². The van der Waals surface area contributed by atoms with Crippen LogP contribution in [0.25, 0.3) is 10.8 Å². The van der Waals surface area contributed by atoms with Crippen LogP contribution in [0.2, 0.25) is 0 Å². The van der Waals surface area contributed by atoms with Crippen molar-refractivity contribution in [2.75, 3.05) is 10.6 Å². The highest BCUT2D eigenvalue weighted by atomic mass is 32.1. The average molecular weight is 334 g/mol. The smallest absolute Gasteiger partial charge is 0.423 e. The van der Waals surface area contributed by atoms with Gasteiger partial charge in [0, 0.05) is 11.4 Å². The zero-order valence-electron chi connectivity index (χ0n) is 12.8. The van der Waals surface area contributed by atoms with Gasteiger partial charge in [-0.25, -0.2) is 0 Å². The van der Waals surface area contributed by atoms with E-state index in [0.717, 1.165) is 27.8 Å². The van der Waals surface area contributed by atoms with Crippen molar-refractivity contribution in [1.82, 2.24) is 0 Å². The lowest BCUT2D eigenvalue weighted by Crippen LogP contribution is -2.29. The third-order valence-corrected chi connectivity index (χ3v) is 4.28. The molecule has 3 N–H and O–H groups in total. The molecule has 0 aliphatic carbocycles. The molecule has 0 atom stereocenters. The number of benzene rings is 3. The maximum absolute atomic E-state index is 9.78. The molecule has 1 aliphatic heterocycles. The summed E-state index contributed by atoms with van der Waals surface area (Å²) in [7, 11) is -0.858. The summed E-state index contributed by atoms with van der Waals surface area (Å²) in [6.45, 7) is 0.441. The van der Waals surface area contributed by atoms with Gasteiger partial charge in [-0.2, -0.15) is 0 Å². The topological polar surface area (TPSA) is 53.5 Å². The van der Waals surface area contributed by atoms with Gasteiger partial charge in [0.25, 0.3) is 0 Å². The first-order chi connectivity index (χ1) is 11.7. The van der Waals surface area contributed by atoms with E-state index in [-0.39, 0.29) is 0 Å². The van der Waals surface area contributed by atoms with Crippen molar-refractivity contribution in [3.05, 3.63) is 66.2 Å². The van der Waals surface area contributed by atoms with E-state index in [9.17, 15) is 5.02 Å². The number of thiocarbonyl (C=S) groups is 1. The fourth-order valence-corrected chi connectivity index (χ4v) is 3.09. The molecule has 4 nitrogen and oxygen atoms in total. The van der Waals surface area contributed by atoms with E-state index in [4.69, 9.17) is 16.9 Å². The molecule has 0 radical (unpaired) electrons. The molecule has 24 heavy (non-hydrogen) atoms. The number of hydrogen-bond donors (Lipinski definition) is 3. The number of hydrogen-bond acceptors (Lipinski definition) is 3. The van der Waals surface area contributed by atoms with Crippen LogP contribution in [0, 0.1) is 0 Å². The van der Waals surface area contributed by atoms with Crippen molar-refractivity contribution in [3.8, 4) is 0 Å². The minimum Gasteiger partial charge on any atom is -0.423 e. The van der Waals surface area contributed by atoms with E-state index in [2.05, 4.69) is 34.9 Å². The van der Waals surface area contributed by atoms with Crippen LogP contribution < -0.4 is 16.1 Å². The van der Waals surface area contributed by atoms with Crippen molar-refractivity contribution >= 4 is 52.1 Å². The number of rotatable bonds is 2. The van der Waals surface area contributed by atoms with Crippen LogP contribution in [0.5, 0.6) is 0 Å². The Labute approximate surface area is 145 Å². The fraction of sp³-hybridized carbons (Fsp3) is 0.0556. The van der Waals surface area contributed by atoms with Crippen LogP contribution in [0.4, 0.5) is 11.4 Å². The predicted octanol–water partition coefficient (Wildman–Crippen LogP) is 2.87. The molecule has 1 heterocycles. The summed E-state index contributed by atoms with van der Waals surface area (Å²) in [5.41, 5.74) is 3.53. The van der Waals surface area contributed by atoms with Gasteiger partial charge in [0.1, 0.15) is 0 Å². The fourth-order valence-electron chi connectivity index (χ4n) is 2.85. The molecule has 0 amide bonds. The molecule has 6 heteroatoms. The third-order valence-electron chi connectivity index (χ3n) is 4.07.